The van der Waals surface area contributed by atoms with Crippen LogP contribution in [0.3, 0.4) is 0 Å². The number of hydrogen-bond donors (Lipinski definition) is 0. The van der Waals surface area contributed by atoms with Crippen molar-refractivity contribution in [2.45, 2.75) is 0 Å². The van der Waals surface area contributed by atoms with Crippen molar-refractivity contribution >= 4 is 17.9 Å². The van der Waals surface area contributed by atoms with Crippen LogP contribution in [-0.2, 0) is 0 Å². The fourth-order valence-corrected chi connectivity index (χ4v) is 1.43. The lowest BCUT2D eigenvalue weighted by molar-refractivity contribution is 0.112. The molecule has 3 nitrogen and oxygen atoms in total. The maximum absolute atomic E-state index is 10.8. The third kappa shape index (κ3) is 2.02. The highest BCUT2D eigenvalue weighted by Gasteiger charge is 2.06. The lowest BCUT2D eigenvalue weighted by Crippen LogP contribution is -1.92. The first-order valence-corrected chi connectivity index (χ1v) is 4.71. The van der Waals surface area contributed by atoms with E-state index in [1.807, 2.05) is 0 Å². The molecule has 15 heavy (non-hydrogen) atoms. The molecule has 0 aliphatic carbocycles. The molecule has 0 bridgehead atoms. The Morgan fingerprint density at radius 3 is 2.53 bits per heavy atom. The molecule has 2 rings (SSSR count). The average molecular weight is 219 g/mol. The van der Waals surface area contributed by atoms with Crippen molar-refractivity contribution in [3.05, 3.63) is 47.4 Å². The fraction of sp³-hybridized carbons (Fsp3) is 0. The summed E-state index contributed by atoms with van der Waals surface area (Å²) in [6.07, 6.45) is 4.05. The van der Waals surface area contributed by atoms with Crippen molar-refractivity contribution in [2.24, 2.45) is 0 Å². The minimum atomic E-state index is 0.368. The number of carbonyl (C=O) groups is 1. The van der Waals surface area contributed by atoms with Gasteiger partial charge >= 0.3 is 0 Å². The monoisotopic (exact) mass is 218 g/mol. The smallest absolute Gasteiger partial charge is 0.152 e. The number of carbonyl (C=O) groups excluding carboxylic acids is 1. The Hall–Kier alpha value is -1.74. The molecule has 0 radical (unpaired) electrons. The molecule has 0 atom stereocenters. The molecule has 74 valence electrons. The van der Waals surface area contributed by atoms with Crippen molar-refractivity contribution in [3.63, 3.8) is 0 Å². The van der Waals surface area contributed by atoms with Gasteiger partial charge in [-0.05, 0) is 24.3 Å². The van der Waals surface area contributed by atoms with Crippen LogP contribution in [0.15, 0.2) is 36.7 Å². The Bertz CT molecular complexity index is 485. The van der Waals surface area contributed by atoms with Crippen LogP contribution in [0.1, 0.15) is 10.4 Å². The number of halogens is 1. The third-order valence-corrected chi connectivity index (χ3v) is 2.18. The zero-order valence-electron chi connectivity index (χ0n) is 7.72. The van der Waals surface area contributed by atoms with Crippen LogP contribution in [-0.4, -0.2) is 16.3 Å². The number of pyridine rings is 2. The Morgan fingerprint density at radius 2 is 1.87 bits per heavy atom. The summed E-state index contributed by atoms with van der Waals surface area (Å²) < 4.78 is 0. The maximum atomic E-state index is 10.8. The Labute approximate surface area is 91.8 Å². The molecule has 2 aromatic heterocycles. The highest BCUT2D eigenvalue weighted by molar-refractivity contribution is 6.29. The molecule has 4 heteroatoms. The molecule has 2 heterocycles. The number of nitrogens with zero attached hydrogens (tertiary/aromatic N) is 2. The summed E-state index contributed by atoms with van der Waals surface area (Å²) in [5.41, 5.74) is 1.93. The SMILES string of the molecule is O=Cc1ccc(Cl)nc1-c1ccncc1. The van der Waals surface area contributed by atoms with Crippen molar-refractivity contribution < 1.29 is 4.79 Å². The van der Waals surface area contributed by atoms with Crippen LogP contribution in [0.4, 0.5) is 0 Å². The molecular formula is C11H7ClN2O. The van der Waals surface area contributed by atoms with Gasteiger partial charge in [-0.2, -0.15) is 0 Å². The van der Waals surface area contributed by atoms with Gasteiger partial charge in [0.25, 0.3) is 0 Å². The second-order valence-corrected chi connectivity index (χ2v) is 3.31. The first kappa shape index (κ1) is 9.80. The first-order valence-electron chi connectivity index (χ1n) is 4.33. The minimum absolute atomic E-state index is 0.368. The van der Waals surface area contributed by atoms with Crippen molar-refractivity contribution in [1.82, 2.24) is 9.97 Å². The Morgan fingerprint density at radius 1 is 1.13 bits per heavy atom. The zero-order chi connectivity index (χ0) is 10.7. The summed E-state index contributed by atoms with van der Waals surface area (Å²) >= 11 is 5.78. The normalized spacial score (nSPS) is 9.93. The van der Waals surface area contributed by atoms with Gasteiger partial charge in [0.05, 0.1) is 5.69 Å². The van der Waals surface area contributed by atoms with Crippen LogP contribution < -0.4 is 0 Å². The van der Waals surface area contributed by atoms with Gasteiger partial charge < -0.3 is 0 Å². The number of rotatable bonds is 2. The quantitative estimate of drug-likeness (QED) is 0.575. The standard InChI is InChI=1S/C11H7ClN2O/c12-10-2-1-9(7-15)11(14-10)8-3-5-13-6-4-8/h1-7H. The van der Waals surface area contributed by atoms with Gasteiger partial charge in [0.1, 0.15) is 5.15 Å². The predicted molar refractivity (Wildman–Crippen MR) is 57.9 cm³/mol. The van der Waals surface area contributed by atoms with Crippen molar-refractivity contribution in [1.29, 1.82) is 0 Å². The minimum Gasteiger partial charge on any atom is -0.298 e. The molecule has 0 aliphatic heterocycles. The predicted octanol–water partition coefficient (Wildman–Crippen LogP) is 2.61. The van der Waals surface area contributed by atoms with Crippen LogP contribution in [0.2, 0.25) is 5.15 Å². The van der Waals surface area contributed by atoms with E-state index in [-0.39, 0.29) is 0 Å². The van der Waals surface area contributed by atoms with E-state index in [2.05, 4.69) is 9.97 Å². The summed E-state index contributed by atoms with van der Waals surface area (Å²) in [5.74, 6) is 0. The van der Waals surface area contributed by atoms with E-state index >= 15 is 0 Å². The van der Waals surface area contributed by atoms with E-state index in [0.29, 0.717) is 16.4 Å². The summed E-state index contributed by atoms with van der Waals surface area (Å²) in [7, 11) is 0. The Balaban J connectivity index is 2.61. The summed E-state index contributed by atoms with van der Waals surface area (Å²) in [4.78, 5) is 18.8. The highest BCUT2D eigenvalue weighted by Crippen LogP contribution is 2.21. The van der Waals surface area contributed by atoms with E-state index in [1.54, 1.807) is 36.7 Å². The number of aromatic nitrogens is 2. The molecule has 0 aromatic carbocycles. The molecule has 0 spiro atoms. The Kier molecular flexibility index (Phi) is 2.74. The molecule has 0 unspecified atom stereocenters. The second kappa shape index (κ2) is 4.19. The summed E-state index contributed by atoms with van der Waals surface area (Å²) in [6, 6.07) is 6.81. The van der Waals surface area contributed by atoms with Gasteiger partial charge in [0.15, 0.2) is 6.29 Å². The van der Waals surface area contributed by atoms with E-state index in [1.165, 1.54) is 0 Å². The largest absolute Gasteiger partial charge is 0.298 e. The molecule has 0 fully saturated rings. The fourth-order valence-electron chi connectivity index (χ4n) is 1.28. The van der Waals surface area contributed by atoms with Gasteiger partial charge in [0.2, 0.25) is 0 Å². The van der Waals surface area contributed by atoms with Gasteiger partial charge in [-0.1, -0.05) is 11.6 Å². The first-order chi connectivity index (χ1) is 7.31. The average Bonchev–Trinajstić information content (AvgIpc) is 2.30. The van der Waals surface area contributed by atoms with E-state index in [0.717, 1.165) is 11.8 Å². The number of aldehydes is 1. The van der Waals surface area contributed by atoms with Gasteiger partial charge in [-0.15, -0.1) is 0 Å². The van der Waals surface area contributed by atoms with Crippen LogP contribution in [0, 0.1) is 0 Å². The molecule has 0 saturated carbocycles. The lowest BCUT2D eigenvalue weighted by Gasteiger charge is -2.03. The van der Waals surface area contributed by atoms with Crippen molar-refractivity contribution in [3.8, 4) is 11.3 Å². The van der Waals surface area contributed by atoms with Crippen molar-refractivity contribution in [2.75, 3.05) is 0 Å². The zero-order valence-corrected chi connectivity index (χ0v) is 8.48. The third-order valence-electron chi connectivity index (χ3n) is 1.97. The molecule has 0 saturated heterocycles. The topological polar surface area (TPSA) is 42.9 Å². The van der Waals surface area contributed by atoms with E-state index < -0.39 is 0 Å². The van der Waals surface area contributed by atoms with E-state index in [4.69, 9.17) is 11.6 Å². The summed E-state index contributed by atoms with van der Waals surface area (Å²) in [5, 5.41) is 0.368. The highest BCUT2D eigenvalue weighted by atomic mass is 35.5. The number of hydrogen-bond acceptors (Lipinski definition) is 3. The van der Waals surface area contributed by atoms with Crippen LogP contribution >= 0.6 is 11.6 Å². The van der Waals surface area contributed by atoms with Crippen LogP contribution in [0.5, 0.6) is 0 Å². The second-order valence-electron chi connectivity index (χ2n) is 2.93. The van der Waals surface area contributed by atoms with Gasteiger partial charge in [-0.25, -0.2) is 4.98 Å². The molecule has 0 aliphatic rings. The molecule has 2 aromatic rings. The summed E-state index contributed by atoms with van der Waals surface area (Å²) in [6.45, 7) is 0. The van der Waals surface area contributed by atoms with Gasteiger partial charge in [-0.3, -0.25) is 9.78 Å². The van der Waals surface area contributed by atoms with Gasteiger partial charge in [0, 0.05) is 23.5 Å². The molecule has 0 amide bonds. The molecular weight excluding hydrogens is 212 g/mol. The maximum Gasteiger partial charge on any atom is 0.152 e. The van der Waals surface area contributed by atoms with Crippen LogP contribution in [0.25, 0.3) is 11.3 Å². The lowest BCUT2D eigenvalue weighted by atomic mass is 10.1. The van der Waals surface area contributed by atoms with E-state index in [9.17, 15) is 4.79 Å². The molecule has 0 N–H and O–H groups in total.